The number of methoxy groups -OCH3 is 1. The Morgan fingerprint density at radius 2 is 2.08 bits per heavy atom. The highest BCUT2D eigenvalue weighted by atomic mass is 16.5. The molecule has 2 aliphatic rings. The number of carbonyl (C=O) groups excluding carboxylic acids is 1. The highest BCUT2D eigenvalue weighted by Crippen LogP contribution is 2.28. The average Bonchev–Trinajstić information content (AvgIpc) is 3.01. The first-order valence-corrected chi connectivity index (χ1v) is 8.68. The summed E-state index contributed by atoms with van der Waals surface area (Å²) in [6, 6.07) is 6.28. The molecule has 2 amide bonds. The van der Waals surface area contributed by atoms with Gasteiger partial charge < -0.3 is 25.0 Å². The Morgan fingerprint density at radius 1 is 1.33 bits per heavy atom. The average molecular weight is 333 g/mol. The lowest BCUT2D eigenvalue weighted by Crippen LogP contribution is -2.46. The smallest absolute Gasteiger partial charge is 0.317 e. The first-order valence-electron chi connectivity index (χ1n) is 8.68. The van der Waals surface area contributed by atoms with Gasteiger partial charge in [-0.25, -0.2) is 4.79 Å². The third-order valence-corrected chi connectivity index (χ3v) is 5.06. The molecule has 2 heterocycles. The normalized spacial score (nSPS) is 21.0. The van der Waals surface area contributed by atoms with Gasteiger partial charge in [0.1, 0.15) is 5.75 Å². The number of nitrogens with zero attached hydrogens (tertiary/aromatic N) is 2. The molecule has 2 saturated heterocycles. The van der Waals surface area contributed by atoms with Gasteiger partial charge in [-0.2, -0.15) is 0 Å². The van der Waals surface area contributed by atoms with E-state index < -0.39 is 6.10 Å². The SMILES string of the molecule is COc1ccc(C)cc1C(O)CN1CCC(N2CCNC2=O)CC1. The van der Waals surface area contributed by atoms with E-state index in [4.69, 9.17) is 4.74 Å². The van der Waals surface area contributed by atoms with E-state index >= 15 is 0 Å². The van der Waals surface area contributed by atoms with Gasteiger partial charge in [-0.05, 0) is 31.9 Å². The number of carbonyl (C=O) groups is 1. The number of rotatable bonds is 5. The number of β-amino-alcohol motifs (C(OH)–C–C–N with tert-alkyl or cyclic N) is 1. The van der Waals surface area contributed by atoms with E-state index in [-0.39, 0.29) is 6.03 Å². The fourth-order valence-corrected chi connectivity index (χ4v) is 3.71. The van der Waals surface area contributed by atoms with Crippen LogP contribution in [0.25, 0.3) is 0 Å². The molecular weight excluding hydrogens is 306 g/mol. The van der Waals surface area contributed by atoms with Crippen molar-refractivity contribution in [3.05, 3.63) is 29.3 Å². The number of benzene rings is 1. The van der Waals surface area contributed by atoms with Crippen LogP contribution >= 0.6 is 0 Å². The monoisotopic (exact) mass is 333 g/mol. The van der Waals surface area contributed by atoms with Crippen molar-refractivity contribution in [1.82, 2.24) is 15.1 Å². The van der Waals surface area contributed by atoms with E-state index in [1.54, 1.807) is 7.11 Å². The van der Waals surface area contributed by atoms with Crippen LogP contribution in [0.4, 0.5) is 4.79 Å². The third-order valence-electron chi connectivity index (χ3n) is 5.06. The molecule has 132 valence electrons. The Kier molecular flexibility index (Phi) is 5.26. The number of likely N-dealkylation sites (tertiary alicyclic amines) is 1. The molecule has 2 N–H and O–H groups in total. The fraction of sp³-hybridized carbons (Fsp3) is 0.611. The van der Waals surface area contributed by atoms with Crippen molar-refractivity contribution in [2.75, 3.05) is 39.8 Å². The molecule has 2 aliphatic heterocycles. The Morgan fingerprint density at radius 3 is 2.71 bits per heavy atom. The van der Waals surface area contributed by atoms with Gasteiger partial charge in [0, 0.05) is 44.3 Å². The highest BCUT2D eigenvalue weighted by molar-refractivity contribution is 5.76. The number of ether oxygens (including phenoxy) is 1. The second-order valence-corrected chi connectivity index (χ2v) is 6.72. The number of piperidine rings is 1. The third kappa shape index (κ3) is 3.65. The Balaban J connectivity index is 1.56. The van der Waals surface area contributed by atoms with Crippen LogP contribution in [-0.2, 0) is 0 Å². The minimum absolute atomic E-state index is 0.0676. The van der Waals surface area contributed by atoms with Crippen LogP contribution in [0.2, 0.25) is 0 Å². The maximum Gasteiger partial charge on any atom is 0.317 e. The van der Waals surface area contributed by atoms with Gasteiger partial charge >= 0.3 is 6.03 Å². The maximum atomic E-state index is 11.8. The number of amides is 2. The summed E-state index contributed by atoms with van der Waals surface area (Å²) < 4.78 is 5.38. The number of hydrogen-bond acceptors (Lipinski definition) is 4. The van der Waals surface area contributed by atoms with E-state index in [0.717, 1.165) is 55.9 Å². The quantitative estimate of drug-likeness (QED) is 0.858. The topological polar surface area (TPSA) is 65.0 Å². The molecule has 3 rings (SSSR count). The second kappa shape index (κ2) is 7.40. The number of nitrogens with one attached hydrogen (secondary N) is 1. The number of aliphatic hydroxyl groups excluding tert-OH is 1. The molecule has 0 radical (unpaired) electrons. The van der Waals surface area contributed by atoms with Gasteiger partial charge in [0.25, 0.3) is 0 Å². The zero-order valence-electron chi connectivity index (χ0n) is 14.5. The van der Waals surface area contributed by atoms with Crippen molar-refractivity contribution in [3.8, 4) is 5.75 Å². The molecule has 1 aromatic carbocycles. The summed E-state index contributed by atoms with van der Waals surface area (Å²) in [6.07, 6.45) is 1.36. The molecule has 6 heteroatoms. The van der Waals surface area contributed by atoms with Gasteiger partial charge in [0.2, 0.25) is 0 Å². The summed E-state index contributed by atoms with van der Waals surface area (Å²) >= 11 is 0. The van der Waals surface area contributed by atoms with E-state index in [0.29, 0.717) is 12.6 Å². The van der Waals surface area contributed by atoms with Crippen LogP contribution in [0.5, 0.6) is 5.75 Å². The molecule has 1 atom stereocenters. The van der Waals surface area contributed by atoms with Crippen LogP contribution in [0, 0.1) is 6.92 Å². The van der Waals surface area contributed by atoms with Crippen molar-refractivity contribution in [1.29, 1.82) is 0 Å². The first-order chi connectivity index (χ1) is 11.6. The van der Waals surface area contributed by atoms with Crippen molar-refractivity contribution in [2.45, 2.75) is 31.9 Å². The molecule has 0 aliphatic carbocycles. The number of urea groups is 1. The van der Waals surface area contributed by atoms with Crippen LogP contribution < -0.4 is 10.1 Å². The van der Waals surface area contributed by atoms with Crippen molar-refractivity contribution >= 4 is 6.03 Å². The van der Waals surface area contributed by atoms with Gasteiger partial charge in [-0.1, -0.05) is 11.6 Å². The molecule has 1 aromatic rings. The summed E-state index contributed by atoms with van der Waals surface area (Å²) in [4.78, 5) is 16.0. The molecule has 24 heavy (non-hydrogen) atoms. The van der Waals surface area contributed by atoms with E-state index in [9.17, 15) is 9.90 Å². The van der Waals surface area contributed by atoms with Crippen LogP contribution in [-0.4, -0.2) is 66.8 Å². The lowest BCUT2D eigenvalue weighted by molar-refractivity contribution is 0.0782. The zero-order valence-corrected chi connectivity index (χ0v) is 14.5. The maximum absolute atomic E-state index is 11.8. The molecule has 0 bridgehead atoms. The van der Waals surface area contributed by atoms with Gasteiger partial charge in [0.05, 0.1) is 13.2 Å². The van der Waals surface area contributed by atoms with Gasteiger partial charge in [-0.15, -0.1) is 0 Å². The van der Waals surface area contributed by atoms with Gasteiger partial charge in [0.15, 0.2) is 0 Å². The largest absolute Gasteiger partial charge is 0.496 e. The van der Waals surface area contributed by atoms with Crippen LogP contribution in [0.3, 0.4) is 0 Å². The summed E-state index contributed by atoms with van der Waals surface area (Å²) in [7, 11) is 1.63. The molecular formula is C18H27N3O3. The lowest BCUT2D eigenvalue weighted by atomic mass is 10.0. The van der Waals surface area contributed by atoms with Crippen molar-refractivity contribution < 1.29 is 14.6 Å². The van der Waals surface area contributed by atoms with Crippen molar-refractivity contribution in [3.63, 3.8) is 0 Å². The summed E-state index contributed by atoms with van der Waals surface area (Å²) in [5.74, 6) is 0.733. The van der Waals surface area contributed by atoms with E-state index in [1.807, 2.05) is 30.0 Å². The van der Waals surface area contributed by atoms with Crippen molar-refractivity contribution in [2.24, 2.45) is 0 Å². The van der Waals surface area contributed by atoms with E-state index in [1.165, 1.54) is 0 Å². The number of hydrogen-bond donors (Lipinski definition) is 2. The Labute approximate surface area is 143 Å². The molecule has 0 spiro atoms. The predicted octanol–water partition coefficient (Wildman–Crippen LogP) is 1.53. The highest BCUT2D eigenvalue weighted by Gasteiger charge is 2.31. The van der Waals surface area contributed by atoms with Gasteiger partial charge in [-0.3, -0.25) is 0 Å². The number of aliphatic hydroxyl groups is 1. The van der Waals surface area contributed by atoms with E-state index in [2.05, 4.69) is 10.2 Å². The summed E-state index contributed by atoms with van der Waals surface area (Å²) in [6.45, 7) is 5.98. The lowest BCUT2D eigenvalue weighted by Gasteiger charge is -2.37. The number of aryl methyl sites for hydroxylation is 1. The van der Waals surface area contributed by atoms with Crippen LogP contribution in [0.15, 0.2) is 18.2 Å². The predicted molar refractivity (Wildman–Crippen MR) is 92.3 cm³/mol. The molecule has 2 fully saturated rings. The minimum atomic E-state index is -0.563. The standard InChI is InChI=1S/C18H27N3O3/c1-13-3-4-17(24-2)15(11-13)16(22)12-20-8-5-14(6-9-20)21-10-7-19-18(21)23/h3-4,11,14,16,22H,5-10,12H2,1-2H3,(H,19,23). The fourth-order valence-electron chi connectivity index (χ4n) is 3.71. The Bertz CT molecular complexity index is 585. The second-order valence-electron chi connectivity index (χ2n) is 6.72. The molecule has 0 aromatic heterocycles. The zero-order chi connectivity index (χ0) is 17.1. The molecule has 1 unspecified atom stereocenters. The first kappa shape index (κ1) is 17.0. The summed E-state index contributed by atoms with van der Waals surface area (Å²) in [5.41, 5.74) is 1.96. The van der Waals surface area contributed by atoms with Crippen LogP contribution in [0.1, 0.15) is 30.1 Å². The molecule has 6 nitrogen and oxygen atoms in total. The summed E-state index contributed by atoms with van der Waals surface area (Å²) in [5, 5.41) is 13.5. The Hall–Kier alpha value is -1.79. The molecule has 0 saturated carbocycles. The minimum Gasteiger partial charge on any atom is -0.496 e.